The van der Waals surface area contributed by atoms with E-state index in [0.29, 0.717) is 0 Å². The molecule has 1 aromatic heterocycles. The average Bonchev–Trinajstić information content (AvgIpc) is 2.88. The van der Waals surface area contributed by atoms with E-state index in [2.05, 4.69) is 40.5 Å². The summed E-state index contributed by atoms with van der Waals surface area (Å²) in [5, 5.41) is 3.41. The van der Waals surface area contributed by atoms with E-state index in [1.807, 2.05) is 0 Å². The van der Waals surface area contributed by atoms with Crippen molar-refractivity contribution in [1.29, 1.82) is 0 Å². The largest absolute Gasteiger partial charge is 0.338 e. The molecule has 2 heterocycles. The minimum Gasteiger partial charge on any atom is -0.338 e. The third-order valence-corrected chi connectivity index (χ3v) is 4.87. The van der Waals surface area contributed by atoms with E-state index in [0.717, 1.165) is 50.7 Å². The average molecular weight is 308 g/mol. The molecule has 4 rings (SSSR count). The van der Waals surface area contributed by atoms with Crippen molar-refractivity contribution < 1.29 is 0 Å². The van der Waals surface area contributed by atoms with E-state index in [1.165, 1.54) is 36.1 Å². The van der Waals surface area contributed by atoms with Crippen LogP contribution in [-0.2, 0) is 12.8 Å². The molecule has 1 N–H and O–H groups in total. The van der Waals surface area contributed by atoms with Crippen LogP contribution in [-0.4, -0.2) is 36.1 Å². The molecular formula is C19H24N4. The molecule has 0 amide bonds. The van der Waals surface area contributed by atoms with E-state index in [1.54, 1.807) is 0 Å². The van der Waals surface area contributed by atoms with E-state index in [9.17, 15) is 0 Å². The molecule has 1 fully saturated rings. The molecule has 120 valence electrons. The number of fused-ring (bicyclic) bond motifs is 1. The topological polar surface area (TPSA) is 41.1 Å². The number of aromatic nitrogens is 2. The van der Waals surface area contributed by atoms with Crippen molar-refractivity contribution in [3.05, 3.63) is 41.6 Å². The maximum Gasteiger partial charge on any atom is 0.226 e. The minimum absolute atomic E-state index is 0.922. The first-order valence-corrected chi connectivity index (χ1v) is 8.83. The number of benzene rings is 1. The predicted octanol–water partition coefficient (Wildman–Crippen LogP) is 2.82. The third-order valence-electron chi connectivity index (χ3n) is 4.87. The van der Waals surface area contributed by atoms with Gasteiger partial charge in [0, 0.05) is 43.0 Å². The molecule has 4 heteroatoms. The summed E-state index contributed by atoms with van der Waals surface area (Å²) in [6.45, 7) is 4.02. The zero-order valence-electron chi connectivity index (χ0n) is 13.6. The third kappa shape index (κ3) is 3.08. The second-order valence-electron chi connectivity index (χ2n) is 6.46. The van der Waals surface area contributed by atoms with Gasteiger partial charge < -0.3 is 10.2 Å². The zero-order chi connectivity index (χ0) is 15.5. The fourth-order valence-electron chi connectivity index (χ4n) is 3.60. The van der Waals surface area contributed by atoms with Crippen LogP contribution in [0.5, 0.6) is 0 Å². The highest BCUT2D eigenvalue weighted by Crippen LogP contribution is 2.30. The van der Waals surface area contributed by atoms with Gasteiger partial charge in [0.05, 0.1) is 5.69 Å². The molecular weight excluding hydrogens is 284 g/mol. The van der Waals surface area contributed by atoms with Crippen molar-refractivity contribution in [2.24, 2.45) is 0 Å². The van der Waals surface area contributed by atoms with Gasteiger partial charge in [-0.05, 0) is 25.7 Å². The number of hydrogen-bond acceptors (Lipinski definition) is 4. The molecule has 1 aromatic carbocycles. The van der Waals surface area contributed by atoms with Gasteiger partial charge in [-0.2, -0.15) is 0 Å². The maximum atomic E-state index is 5.01. The van der Waals surface area contributed by atoms with Crippen molar-refractivity contribution in [3.63, 3.8) is 0 Å². The summed E-state index contributed by atoms with van der Waals surface area (Å²) >= 11 is 0. The Kier molecular flexibility index (Phi) is 4.24. The van der Waals surface area contributed by atoms with Crippen LogP contribution in [0, 0.1) is 0 Å². The lowest BCUT2D eigenvalue weighted by Gasteiger charge is -2.28. The first kappa shape index (κ1) is 14.6. The van der Waals surface area contributed by atoms with Crippen LogP contribution in [0.1, 0.15) is 30.5 Å². The minimum atomic E-state index is 0.922. The maximum absolute atomic E-state index is 5.01. The van der Waals surface area contributed by atoms with Gasteiger partial charge in [0.2, 0.25) is 5.95 Å². The normalized spacial score (nSPS) is 18.3. The van der Waals surface area contributed by atoms with Crippen LogP contribution in [0.2, 0.25) is 0 Å². The number of rotatable bonds is 2. The number of hydrogen-bond donors (Lipinski definition) is 1. The van der Waals surface area contributed by atoms with Gasteiger partial charge in [-0.3, -0.25) is 0 Å². The highest BCUT2D eigenvalue weighted by Gasteiger charge is 2.21. The summed E-state index contributed by atoms with van der Waals surface area (Å²) in [4.78, 5) is 12.3. The standard InChI is InChI=1S/C19H24N4/c1-3-7-15(8-4-1)18-16-9-5-2-6-10-17(16)21-19(22-18)23-13-11-20-12-14-23/h1,3-4,7-8,20H,2,5-6,9-14H2. The number of nitrogens with one attached hydrogen (secondary N) is 1. The van der Waals surface area contributed by atoms with Crippen LogP contribution in [0.15, 0.2) is 30.3 Å². The molecule has 1 saturated heterocycles. The fraction of sp³-hybridized carbons (Fsp3) is 0.474. The molecule has 1 aliphatic carbocycles. The van der Waals surface area contributed by atoms with Crippen LogP contribution < -0.4 is 10.2 Å². The van der Waals surface area contributed by atoms with Gasteiger partial charge in [0.25, 0.3) is 0 Å². The zero-order valence-corrected chi connectivity index (χ0v) is 13.6. The second-order valence-corrected chi connectivity index (χ2v) is 6.46. The quantitative estimate of drug-likeness (QED) is 0.866. The lowest BCUT2D eigenvalue weighted by atomic mass is 10.0. The van der Waals surface area contributed by atoms with Crippen molar-refractivity contribution in [1.82, 2.24) is 15.3 Å². The van der Waals surface area contributed by atoms with Gasteiger partial charge in [0.15, 0.2) is 0 Å². The van der Waals surface area contributed by atoms with Gasteiger partial charge >= 0.3 is 0 Å². The molecule has 0 unspecified atom stereocenters. The van der Waals surface area contributed by atoms with Crippen molar-refractivity contribution in [2.45, 2.75) is 32.1 Å². The molecule has 1 aliphatic heterocycles. The summed E-state index contributed by atoms with van der Waals surface area (Å²) in [6, 6.07) is 10.6. The highest BCUT2D eigenvalue weighted by atomic mass is 15.3. The molecule has 4 nitrogen and oxygen atoms in total. The Morgan fingerprint density at radius 2 is 1.65 bits per heavy atom. The summed E-state index contributed by atoms with van der Waals surface area (Å²) in [5.74, 6) is 0.922. The molecule has 0 spiro atoms. The predicted molar refractivity (Wildman–Crippen MR) is 93.8 cm³/mol. The molecule has 23 heavy (non-hydrogen) atoms. The lowest BCUT2D eigenvalue weighted by molar-refractivity contribution is 0.578. The molecule has 2 aliphatic rings. The molecule has 0 atom stereocenters. The van der Waals surface area contributed by atoms with Gasteiger partial charge in [0.1, 0.15) is 0 Å². The van der Waals surface area contributed by atoms with Gasteiger partial charge in [-0.25, -0.2) is 9.97 Å². The number of nitrogens with zero attached hydrogens (tertiary/aromatic N) is 3. The smallest absolute Gasteiger partial charge is 0.226 e. The van der Waals surface area contributed by atoms with Crippen molar-refractivity contribution >= 4 is 5.95 Å². The summed E-state index contributed by atoms with van der Waals surface area (Å²) < 4.78 is 0. The van der Waals surface area contributed by atoms with E-state index < -0.39 is 0 Å². The number of piperazine rings is 1. The molecule has 0 bridgehead atoms. The number of anilines is 1. The first-order chi connectivity index (χ1) is 11.4. The SMILES string of the molecule is c1ccc(-c2nc(N3CCNCC3)nc3c2CCCCC3)cc1. The second kappa shape index (κ2) is 6.67. The van der Waals surface area contributed by atoms with E-state index >= 15 is 0 Å². The number of aryl methyl sites for hydroxylation is 1. The Balaban J connectivity index is 1.81. The summed E-state index contributed by atoms with van der Waals surface area (Å²) in [5.41, 5.74) is 5.05. The van der Waals surface area contributed by atoms with Crippen LogP contribution in [0.3, 0.4) is 0 Å². The molecule has 0 radical (unpaired) electrons. The van der Waals surface area contributed by atoms with E-state index in [-0.39, 0.29) is 0 Å². The molecule has 2 aromatic rings. The fourth-order valence-corrected chi connectivity index (χ4v) is 3.60. The van der Waals surface area contributed by atoms with Crippen LogP contribution in [0.25, 0.3) is 11.3 Å². The van der Waals surface area contributed by atoms with Crippen molar-refractivity contribution in [2.75, 3.05) is 31.1 Å². The Morgan fingerprint density at radius 1 is 0.870 bits per heavy atom. The van der Waals surface area contributed by atoms with E-state index in [4.69, 9.17) is 9.97 Å². The highest BCUT2D eigenvalue weighted by molar-refractivity contribution is 5.65. The first-order valence-electron chi connectivity index (χ1n) is 8.83. The van der Waals surface area contributed by atoms with Crippen LogP contribution in [0.4, 0.5) is 5.95 Å². The summed E-state index contributed by atoms with van der Waals surface area (Å²) in [6.07, 6.45) is 6.01. The molecule has 0 saturated carbocycles. The van der Waals surface area contributed by atoms with Gasteiger partial charge in [-0.15, -0.1) is 0 Å². The monoisotopic (exact) mass is 308 g/mol. The van der Waals surface area contributed by atoms with Crippen molar-refractivity contribution in [3.8, 4) is 11.3 Å². The van der Waals surface area contributed by atoms with Crippen LogP contribution >= 0.6 is 0 Å². The Bertz CT molecular complexity index is 663. The Morgan fingerprint density at radius 3 is 2.48 bits per heavy atom. The Hall–Kier alpha value is -1.94. The summed E-state index contributed by atoms with van der Waals surface area (Å²) in [7, 11) is 0. The Labute approximate surface area is 138 Å². The lowest BCUT2D eigenvalue weighted by Crippen LogP contribution is -2.44. The van der Waals surface area contributed by atoms with Gasteiger partial charge in [-0.1, -0.05) is 36.8 Å².